The summed E-state index contributed by atoms with van der Waals surface area (Å²) in [6, 6.07) is 19.9. The standard InChI is InChI=1S/C22H22N2O2S2/c1-3-15-9-8-12-17(13-15)23-22(27)24-20-18(21(25)26-4-2)14-19(28-20)16-10-6-5-7-11-16/h5-14H,3-4H2,1-2H3,(H2,23,24,27). The van der Waals surface area contributed by atoms with Crippen LogP contribution < -0.4 is 10.6 Å². The van der Waals surface area contributed by atoms with E-state index in [4.69, 9.17) is 17.0 Å². The third-order valence-electron chi connectivity index (χ3n) is 4.11. The van der Waals surface area contributed by atoms with Crippen LogP contribution in [0.25, 0.3) is 10.4 Å². The van der Waals surface area contributed by atoms with Gasteiger partial charge in [-0.15, -0.1) is 11.3 Å². The van der Waals surface area contributed by atoms with Crippen molar-refractivity contribution in [1.82, 2.24) is 0 Å². The highest BCUT2D eigenvalue weighted by Gasteiger charge is 2.19. The number of aryl methyl sites for hydroxylation is 1. The number of carbonyl (C=O) groups is 1. The fraction of sp³-hybridized carbons (Fsp3) is 0.182. The molecule has 28 heavy (non-hydrogen) atoms. The maximum absolute atomic E-state index is 12.4. The first-order valence-corrected chi connectivity index (χ1v) is 10.4. The SMILES string of the molecule is CCOC(=O)c1cc(-c2ccccc2)sc1NC(=S)Nc1cccc(CC)c1. The van der Waals surface area contributed by atoms with Gasteiger partial charge in [-0.3, -0.25) is 0 Å². The van der Waals surface area contributed by atoms with Gasteiger partial charge in [0, 0.05) is 10.6 Å². The smallest absolute Gasteiger partial charge is 0.341 e. The van der Waals surface area contributed by atoms with E-state index >= 15 is 0 Å². The lowest BCUT2D eigenvalue weighted by Crippen LogP contribution is -2.20. The fourth-order valence-corrected chi connectivity index (χ4v) is 4.06. The second kappa shape index (κ2) is 9.48. The average molecular weight is 411 g/mol. The van der Waals surface area contributed by atoms with E-state index in [1.165, 1.54) is 16.9 Å². The molecule has 2 aromatic carbocycles. The Morgan fingerprint density at radius 3 is 2.54 bits per heavy atom. The van der Waals surface area contributed by atoms with Crippen molar-refractivity contribution in [1.29, 1.82) is 0 Å². The molecular weight excluding hydrogens is 388 g/mol. The van der Waals surface area contributed by atoms with Crippen molar-refractivity contribution in [3.8, 4) is 10.4 Å². The van der Waals surface area contributed by atoms with Gasteiger partial charge >= 0.3 is 5.97 Å². The second-order valence-electron chi connectivity index (χ2n) is 6.07. The number of nitrogens with one attached hydrogen (secondary N) is 2. The number of thiocarbonyl (C=S) groups is 1. The van der Waals surface area contributed by atoms with Crippen LogP contribution in [0.5, 0.6) is 0 Å². The molecule has 1 heterocycles. The van der Waals surface area contributed by atoms with Crippen molar-refractivity contribution in [2.75, 3.05) is 17.2 Å². The molecule has 0 saturated heterocycles. The largest absolute Gasteiger partial charge is 0.462 e. The summed E-state index contributed by atoms with van der Waals surface area (Å²) < 4.78 is 5.21. The average Bonchev–Trinajstić information content (AvgIpc) is 3.12. The number of hydrogen-bond acceptors (Lipinski definition) is 4. The van der Waals surface area contributed by atoms with E-state index in [1.807, 2.05) is 48.5 Å². The van der Waals surface area contributed by atoms with Crippen LogP contribution in [0.1, 0.15) is 29.8 Å². The number of hydrogen-bond donors (Lipinski definition) is 2. The Hall–Kier alpha value is -2.70. The van der Waals surface area contributed by atoms with Crippen LogP contribution in [0.4, 0.5) is 10.7 Å². The van der Waals surface area contributed by atoms with Gasteiger partial charge in [0.15, 0.2) is 5.11 Å². The number of thiophene rings is 1. The zero-order valence-corrected chi connectivity index (χ0v) is 17.5. The molecule has 0 radical (unpaired) electrons. The van der Waals surface area contributed by atoms with Crippen molar-refractivity contribution in [2.24, 2.45) is 0 Å². The van der Waals surface area contributed by atoms with Gasteiger partial charge in [0.2, 0.25) is 0 Å². The Labute approximate surface area is 174 Å². The third-order valence-corrected chi connectivity index (χ3v) is 5.41. The van der Waals surface area contributed by atoms with Crippen LogP contribution >= 0.6 is 23.6 Å². The third kappa shape index (κ3) is 4.97. The maximum atomic E-state index is 12.4. The molecule has 3 rings (SSSR count). The van der Waals surface area contributed by atoms with E-state index in [9.17, 15) is 4.79 Å². The van der Waals surface area contributed by atoms with E-state index in [0.717, 1.165) is 22.5 Å². The molecule has 4 nitrogen and oxygen atoms in total. The molecule has 0 aliphatic rings. The summed E-state index contributed by atoms with van der Waals surface area (Å²) in [6.07, 6.45) is 0.952. The van der Waals surface area contributed by atoms with Crippen LogP contribution in [0, 0.1) is 0 Å². The molecule has 0 amide bonds. The van der Waals surface area contributed by atoms with Crippen LogP contribution in [-0.2, 0) is 11.2 Å². The molecule has 144 valence electrons. The number of ether oxygens (including phenoxy) is 1. The second-order valence-corrected chi connectivity index (χ2v) is 7.53. The van der Waals surface area contributed by atoms with Crippen LogP contribution in [0.2, 0.25) is 0 Å². The Kier molecular flexibility index (Phi) is 6.79. The molecular formula is C22H22N2O2S2. The quantitative estimate of drug-likeness (QED) is 0.388. The van der Waals surface area contributed by atoms with Gasteiger partial charge in [0.1, 0.15) is 5.00 Å². The zero-order valence-electron chi connectivity index (χ0n) is 15.8. The van der Waals surface area contributed by atoms with E-state index in [-0.39, 0.29) is 5.97 Å². The minimum atomic E-state index is -0.362. The topological polar surface area (TPSA) is 50.4 Å². The normalized spacial score (nSPS) is 10.4. The summed E-state index contributed by atoms with van der Waals surface area (Å²) >= 11 is 6.94. The van der Waals surface area contributed by atoms with Crippen molar-refractivity contribution in [3.63, 3.8) is 0 Å². The summed E-state index contributed by atoms with van der Waals surface area (Å²) in [5, 5.41) is 7.45. The fourth-order valence-electron chi connectivity index (χ4n) is 2.72. The zero-order chi connectivity index (χ0) is 19.9. The van der Waals surface area contributed by atoms with E-state index in [1.54, 1.807) is 6.92 Å². The Morgan fingerprint density at radius 1 is 1.04 bits per heavy atom. The molecule has 0 atom stereocenters. The van der Waals surface area contributed by atoms with E-state index < -0.39 is 0 Å². The Morgan fingerprint density at radius 2 is 1.82 bits per heavy atom. The van der Waals surface area contributed by atoms with Gasteiger partial charge in [-0.05, 0) is 54.9 Å². The Balaban J connectivity index is 1.83. The number of benzene rings is 2. The molecule has 2 N–H and O–H groups in total. The molecule has 0 spiro atoms. The van der Waals surface area contributed by atoms with Crippen molar-refractivity contribution >= 4 is 45.3 Å². The van der Waals surface area contributed by atoms with Gasteiger partial charge in [-0.2, -0.15) is 0 Å². The predicted molar refractivity (Wildman–Crippen MR) is 121 cm³/mol. The molecule has 0 bridgehead atoms. The van der Waals surface area contributed by atoms with Gasteiger partial charge < -0.3 is 15.4 Å². The van der Waals surface area contributed by atoms with Gasteiger partial charge in [-0.1, -0.05) is 49.4 Å². The van der Waals surface area contributed by atoms with E-state index in [0.29, 0.717) is 22.3 Å². The van der Waals surface area contributed by atoms with Crippen molar-refractivity contribution in [3.05, 3.63) is 71.8 Å². The van der Waals surface area contributed by atoms with Crippen LogP contribution in [0.15, 0.2) is 60.7 Å². The molecule has 3 aromatic rings. The highest BCUT2D eigenvalue weighted by Crippen LogP contribution is 2.36. The summed E-state index contributed by atoms with van der Waals surface area (Å²) in [4.78, 5) is 13.4. The first kappa shape index (κ1) is 20.0. The lowest BCUT2D eigenvalue weighted by Gasteiger charge is -2.11. The van der Waals surface area contributed by atoms with Crippen molar-refractivity contribution in [2.45, 2.75) is 20.3 Å². The van der Waals surface area contributed by atoms with Gasteiger partial charge in [-0.25, -0.2) is 4.79 Å². The summed E-state index contributed by atoms with van der Waals surface area (Å²) in [5.41, 5.74) is 3.66. The Bertz CT molecular complexity index is 968. The van der Waals surface area contributed by atoms with Crippen molar-refractivity contribution < 1.29 is 9.53 Å². The molecule has 1 aromatic heterocycles. The van der Waals surface area contributed by atoms with Gasteiger partial charge in [0.25, 0.3) is 0 Å². The molecule has 0 saturated carbocycles. The van der Waals surface area contributed by atoms with Crippen LogP contribution in [0.3, 0.4) is 0 Å². The molecule has 0 unspecified atom stereocenters. The minimum absolute atomic E-state index is 0.321. The molecule has 0 aliphatic carbocycles. The summed E-state index contributed by atoms with van der Waals surface area (Å²) in [7, 11) is 0. The lowest BCUT2D eigenvalue weighted by molar-refractivity contribution is 0.0528. The maximum Gasteiger partial charge on any atom is 0.341 e. The highest BCUT2D eigenvalue weighted by atomic mass is 32.1. The number of esters is 1. The van der Waals surface area contributed by atoms with Gasteiger partial charge in [0.05, 0.1) is 12.2 Å². The molecule has 6 heteroatoms. The number of rotatable bonds is 6. The predicted octanol–water partition coefficient (Wildman–Crippen LogP) is 5.96. The molecule has 0 aliphatic heterocycles. The molecule has 0 fully saturated rings. The highest BCUT2D eigenvalue weighted by molar-refractivity contribution is 7.80. The van der Waals surface area contributed by atoms with E-state index in [2.05, 4.69) is 29.7 Å². The minimum Gasteiger partial charge on any atom is -0.462 e. The number of carbonyl (C=O) groups excluding carboxylic acids is 1. The first-order valence-electron chi connectivity index (χ1n) is 9.14. The lowest BCUT2D eigenvalue weighted by atomic mass is 10.1. The first-order chi connectivity index (χ1) is 13.6. The summed E-state index contributed by atoms with van der Waals surface area (Å²) in [5.74, 6) is -0.362. The van der Waals surface area contributed by atoms with Crippen LogP contribution in [-0.4, -0.2) is 17.7 Å². The monoisotopic (exact) mass is 410 g/mol. The summed E-state index contributed by atoms with van der Waals surface area (Å²) in [6.45, 7) is 4.22. The number of anilines is 2.